The van der Waals surface area contributed by atoms with Crippen LogP contribution in [-0.4, -0.2) is 16.5 Å². The molecular weight excluding hydrogens is 441 g/mol. The van der Waals surface area contributed by atoms with Gasteiger partial charge in [0.2, 0.25) is 0 Å². The summed E-state index contributed by atoms with van der Waals surface area (Å²) in [4.78, 5) is 12.8. The highest BCUT2D eigenvalue weighted by Crippen LogP contribution is 2.30. The van der Waals surface area contributed by atoms with E-state index in [2.05, 4.69) is 16.0 Å². The minimum atomic E-state index is -0.295. The molecule has 4 rings (SSSR count). The van der Waals surface area contributed by atoms with Gasteiger partial charge >= 0.3 is 0 Å². The first-order chi connectivity index (χ1) is 15.5. The molecule has 164 valence electrons. The first-order valence-electron chi connectivity index (χ1n) is 10.9. The molecule has 1 aromatic heterocycles. The van der Waals surface area contributed by atoms with Gasteiger partial charge in [0, 0.05) is 44.8 Å². The highest BCUT2D eigenvalue weighted by Gasteiger charge is 2.20. The number of aromatic nitrogens is 1. The van der Waals surface area contributed by atoms with Crippen LogP contribution in [0.3, 0.4) is 0 Å². The van der Waals surface area contributed by atoms with Crippen molar-refractivity contribution in [3.8, 4) is 6.07 Å². The van der Waals surface area contributed by atoms with Crippen molar-refractivity contribution in [2.45, 2.75) is 51.6 Å². The number of nitrogens with zero attached hydrogens (tertiary/aromatic N) is 2. The Bertz CT molecular complexity index is 1230. The Kier molecular flexibility index (Phi) is 6.89. The number of rotatable bonds is 5. The highest BCUT2D eigenvalue weighted by atomic mass is 35.5. The van der Waals surface area contributed by atoms with Gasteiger partial charge in [-0.3, -0.25) is 4.79 Å². The number of carbonyl (C=O) groups excluding carboxylic acids is 1. The van der Waals surface area contributed by atoms with Crippen LogP contribution in [0.1, 0.15) is 48.9 Å². The van der Waals surface area contributed by atoms with Crippen LogP contribution in [0, 0.1) is 18.3 Å². The molecule has 32 heavy (non-hydrogen) atoms. The predicted molar refractivity (Wildman–Crippen MR) is 131 cm³/mol. The van der Waals surface area contributed by atoms with E-state index in [9.17, 15) is 10.1 Å². The highest BCUT2D eigenvalue weighted by molar-refractivity contribution is 6.35. The molecule has 0 bridgehead atoms. The molecule has 3 aromatic rings. The van der Waals surface area contributed by atoms with E-state index in [0.717, 1.165) is 53.4 Å². The molecule has 0 radical (unpaired) electrons. The lowest BCUT2D eigenvalue weighted by Gasteiger charge is -2.22. The topological polar surface area (TPSA) is 57.8 Å². The molecule has 0 saturated heterocycles. The number of nitrogens with one attached hydrogen (secondary N) is 1. The van der Waals surface area contributed by atoms with Gasteiger partial charge in [-0.25, -0.2) is 0 Å². The number of halogens is 2. The number of hydrogen-bond donors (Lipinski definition) is 1. The van der Waals surface area contributed by atoms with Gasteiger partial charge in [0.1, 0.15) is 11.6 Å². The third-order valence-corrected chi connectivity index (χ3v) is 6.80. The molecular formula is C26H25Cl2N3O. The van der Waals surface area contributed by atoms with Crippen LogP contribution in [0.15, 0.2) is 48.0 Å². The van der Waals surface area contributed by atoms with Gasteiger partial charge < -0.3 is 9.88 Å². The number of fused-ring (bicyclic) bond motifs is 1. The van der Waals surface area contributed by atoms with Crippen LogP contribution in [0.25, 0.3) is 17.0 Å². The van der Waals surface area contributed by atoms with Crippen LogP contribution in [0.5, 0.6) is 0 Å². The number of benzene rings is 2. The molecule has 0 atom stereocenters. The second-order valence-corrected chi connectivity index (χ2v) is 9.16. The number of amides is 1. The average molecular weight is 466 g/mol. The fourth-order valence-electron chi connectivity index (χ4n) is 4.47. The fraction of sp³-hybridized carbons (Fsp3) is 0.308. The molecule has 6 heteroatoms. The first-order valence-corrected chi connectivity index (χ1v) is 11.7. The molecule has 1 heterocycles. The normalized spacial score (nSPS) is 15.0. The Balaban J connectivity index is 1.71. The molecule has 1 amide bonds. The van der Waals surface area contributed by atoms with Crippen molar-refractivity contribution in [2.24, 2.45) is 0 Å². The summed E-state index contributed by atoms with van der Waals surface area (Å²) in [7, 11) is 0. The van der Waals surface area contributed by atoms with Gasteiger partial charge in [0.05, 0.1) is 0 Å². The monoisotopic (exact) mass is 465 g/mol. The van der Waals surface area contributed by atoms with Gasteiger partial charge in [-0.1, -0.05) is 66.7 Å². The van der Waals surface area contributed by atoms with Crippen molar-refractivity contribution in [2.75, 3.05) is 0 Å². The summed E-state index contributed by atoms with van der Waals surface area (Å²) in [5, 5.41) is 15.0. The minimum absolute atomic E-state index is 0.131. The predicted octanol–water partition coefficient (Wildman–Crippen LogP) is 6.66. The van der Waals surface area contributed by atoms with E-state index in [1.807, 2.05) is 43.3 Å². The summed E-state index contributed by atoms with van der Waals surface area (Å²) in [6, 6.07) is 15.8. The molecule has 1 aliphatic rings. The molecule has 0 aliphatic heterocycles. The van der Waals surface area contributed by atoms with E-state index in [-0.39, 0.29) is 17.5 Å². The smallest absolute Gasteiger partial charge is 0.262 e. The van der Waals surface area contributed by atoms with Crippen molar-refractivity contribution in [1.29, 1.82) is 5.26 Å². The summed E-state index contributed by atoms with van der Waals surface area (Å²) in [6.45, 7) is 2.57. The van der Waals surface area contributed by atoms with Crippen LogP contribution in [-0.2, 0) is 11.3 Å². The van der Waals surface area contributed by atoms with E-state index in [4.69, 9.17) is 23.2 Å². The SMILES string of the molecule is Cc1c(C=C(C#N)C(=O)NC2CCCCC2)c2ccccc2n1Cc1ccc(Cl)cc1Cl. The maximum atomic E-state index is 12.8. The molecule has 1 saturated carbocycles. The zero-order chi connectivity index (χ0) is 22.7. The van der Waals surface area contributed by atoms with Crippen molar-refractivity contribution in [3.05, 3.63) is 74.9 Å². The van der Waals surface area contributed by atoms with Crippen molar-refractivity contribution in [3.63, 3.8) is 0 Å². The lowest BCUT2D eigenvalue weighted by atomic mass is 9.95. The van der Waals surface area contributed by atoms with Gasteiger partial charge in [-0.05, 0) is 49.6 Å². The summed E-state index contributed by atoms with van der Waals surface area (Å²) in [5.41, 5.74) is 3.95. The van der Waals surface area contributed by atoms with Crippen molar-refractivity contribution in [1.82, 2.24) is 9.88 Å². The lowest BCUT2D eigenvalue weighted by Crippen LogP contribution is -2.36. The van der Waals surface area contributed by atoms with Crippen LogP contribution < -0.4 is 5.32 Å². The lowest BCUT2D eigenvalue weighted by molar-refractivity contribution is -0.117. The van der Waals surface area contributed by atoms with Gasteiger partial charge in [-0.15, -0.1) is 0 Å². The van der Waals surface area contributed by atoms with E-state index in [1.54, 1.807) is 12.1 Å². The fourth-order valence-corrected chi connectivity index (χ4v) is 4.94. The van der Waals surface area contributed by atoms with E-state index < -0.39 is 0 Å². The summed E-state index contributed by atoms with van der Waals surface area (Å²) in [5.74, 6) is -0.295. The van der Waals surface area contributed by atoms with E-state index >= 15 is 0 Å². The second-order valence-electron chi connectivity index (χ2n) is 8.32. The average Bonchev–Trinajstić information content (AvgIpc) is 3.05. The largest absolute Gasteiger partial charge is 0.349 e. The zero-order valence-electron chi connectivity index (χ0n) is 18.0. The van der Waals surface area contributed by atoms with Crippen LogP contribution >= 0.6 is 23.2 Å². The maximum absolute atomic E-state index is 12.8. The van der Waals surface area contributed by atoms with Crippen LogP contribution in [0.4, 0.5) is 0 Å². The number of para-hydroxylation sites is 1. The minimum Gasteiger partial charge on any atom is -0.349 e. The summed E-state index contributed by atoms with van der Waals surface area (Å²) >= 11 is 12.5. The Hall–Kier alpha value is -2.74. The number of nitriles is 1. The Labute approximate surface area is 198 Å². The number of hydrogen-bond acceptors (Lipinski definition) is 2. The Morgan fingerprint density at radius 3 is 2.66 bits per heavy atom. The van der Waals surface area contributed by atoms with Gasteiger partial charge in [0.25, 0.3) is 5.91 Å². The van der Waals surface area contributed by atoms with Gasteiger partial charge in [0.15, 0.2) is 0 Å². The molecule has 1 aliphatic carbocycles. The molecule has 1 N–H and O–H groups in total. The summed E-state index contributed by atoms with van der Waals surface area (Å²) < 4.78 is 2.16. The second kappa shape index (κ2) is 9.81. The molecule has 2 aromatic carbocycles. The Morgan fingerprint density at radius 1 is 1.19 bits per heavy atom. The van der Waals surface area contributed by atoms with Crippen LogP contribution in [0.2, 0.25) is 10.0 Å². The zero-order valence-corrected chi connectivity index (χ0v) is 19.5. The third-order valence-electron chi connectivity index (χ3n) is 6.22. The molecule has 4 nitrogen and oxygen atoms in total. The van der Waals surface area contributed by atoms with E-state index in [1.165, 1.54) is 6.42 Å². The standard InChI is InChI=1S/C26H25Cl2N3O/c1-17-23(13-19(15-29)26(32)30-21-7-3-2-4-8-21)22-9-5-6-10-25(22)31(17)16-18-11-12-20(27)14-24(18)28/h5-6,9-14,21H,2-4,7-8,16H2,1H3,(H,30,32). The molecule has 0 spiro atoms. The van der Waals surface area contributed by atoms with Crippen molar-refractivity contribution >= 4 is 46.1 Å². The molecule has 1 fully saturated rings. The number of carbonyl (C=O) groups is 1. The molecule has 0 unspecified atom stereocenters. The van der Waals surface area contributed by atoms with E-state index in [0.29, 0.717) is 16.6 Å². The summed E-state index contributed by atoms with van der Waals surface area (Å²) in [6.07, 6.45) is 7.13. The Morgan fingerprint density at radius 2 is 1.94 bits per heavy atom. The van der Waals surface area contributed by atoms with Gasteiger partial charge in [-0.2, -0.15) is 5.26 Å². The third kappa shape index (κ3) is 4.70. The van der Waals surface area contributed by atoms with Crippen molar-refractivity contribution < 1.29 is 4.79 Å². The quantitative estimate of drug-likeness (QED) is 0.338. The first kappa shape index (κ1) is 22.5. The maximum Gasteiger partial charge on any atom is 0.262 e.